The van der Waals surface area contributed by atoms with Crippen molar-refractivity contribution in [1.29, 1.82) is 0 Å². The van der Waals surface area contributed by atoms with Gasteiger partial charge in [0.05, 0.1) is 22.4 Å². The van der Waals surface area contributed by atoms with Gasteiger partial charge >= 0.3 is 14.0 Å². The fourth-order valence-electron chi connectivity index (χ4n) is 10.4. The Hall–Kier alpha value is -7.60. The number of pyridine rings is 1. The molecule has 0 saturated carbocycles. The first kappa shape index (κ1) is 43.0. The maximum atomic E-state index is 5.17. The van der Waals surface area contributed by atoms with Gasteiger partial charge in [-0.2, -0.15) is 18.2 Å². The summed E-state index contributed by atoms with van der Waals surface area (Å²) in [5.74, 6) is 0.876. The van der Waals surface area contributed by atoms with Crippen molar-refractivity contribution < 1.29 is 25.6 Å². The van der Waals surface area contributed by atoms with Crippen molar-refractivity contribution in [3.63, 3.8) is 0 Å². The van der Waals surface area contributed by atoms with Crippen molar-refractivity contribution >= 4 is 81.6 Å². The fraction of sp³-hybridized carbons (Fsp3) is 0.0690. The summed E-state index contributed by atoms with van der Waals surface area (Å²) < 4.78 is 4.26. The number of aryl methyl sites for hydroxylation is 4. The van der Waals surface area contributed by atoms with Gasteiger partial charge in [0.2, 0.25) is 0 Å². The number of para-hydroxylation sites is 5. The van der Waals surface area contributed by atoms with E-state index in [0.29, 0.717) is 0 Å². The number of imidazole rings is 1. The van der Waals surface area contributed by atoms with Crippen LogP contribution in [-0.2, 0) is 21.1 Å². The third-order valence-electron chi connectivity index (χ3n) is 13.4. The second kappa shape index (κ2) is 17.6. The third-order valence-corrected chi connectivity index (χ3v) is 13.4. The molecule has 8 aromatic carbocycles. The molecular weight excluding hydrogens is 1010 g/mol. The van der Waals surface area contributed by atoms with Crippen LogP contribution in [0.2, 0.25) is 0 Å². The van der Waals surface area contributed by atoms with Crippen LogP contribution in [0, 0.1) is 46.2 Å². The molecule has 10 heteroatoms. The fourth-order valence-corrected chi connectivity index (χ4v) is 10.4. The summed E-state index contributed by atoms with van der Waals surface area (Å²) in [5.41, 5.74) is 18.4. The molecule has 0 bridgehead atoms. The van der Waals surface area contributed by atoms with Gasteiger partial charge in [-0.25, -0.2) is 4.98 Å². The Balaban J connectivity index is 0.00000507. The smallest absolute Gasteiger partial charge is 0.415 e. The average Bonchev–Trinajstić information content (AvgIpc) is 4.03. The second-order valence-corrected chi connectivity index (χ2v) is 17.4. The molecule has 0 atom stereocenters. The first-order valence-corrected chi connectivity index (χ1v) is 22.9. The van der Waals surface area contributed by atoms with Crippen LogP contribution in [0.4, 0.5) is 45.6 Å². The number of hydrogen-bond donors (Lipinski definition) is 0. The molecule has 0 N–H and O–H groups in total. The summed E-state index contributed by atoms with van der Waals surface area (Å²) in [6.07, 6.45) is 5.61. The van der Waals surface area contributed by atoms with Gasteiger partial charge in [-0.05, 0) is 92.8 Å². The van der Waals surface area contributed by atoms with Gasteiger partial charge in [0.15, 0.2) is 0 Å². The predicted octanol–water partition coefficient (Wildman–Crippen LogP) is 11.3. The van der Waals surface area contributed by atoms with Crippen molar-refractivity contribution in [1.82, 2.24) is 9.55 Å². The maximum absolute atomic E-state index is 5.17. The minimum absolute atomic E-state index is 0. The number of nitrogens with zero attached hydrogens (tertiary/aromatic N) is 7. The largest absolute Gasteiger partial charge is 0.420 e. The molecule has 330 valence electrons. The van der Waals surface area contributed by atoms with Gasteiger partial charge in [0.1, 0.15) is 5.82 Å². The van der Waals surface area contributed by atoms with Crippen molar-refractivity contribution in [2.24, 2.45) is 0 Å². The Morgan fingerprint density at radius 2 is 0.971 bits per heavy atom. The van der Waals surface area contributed by atoms with Gasteiger partial charge in [-0.1, -0.05) is 160 Å². The Morgan fingerprint density at radius 3 is 1.62 bits per heavy atom. The van der Waals surface area contributed by atoms with E-state index in [9.17, 15) is 0 Å². The molecule has 0 aliphatic carbocycles. The van der Waals surface area contributed by atoms with Crippen LogP contribution in [0.15, 0.2) is 200 Å². The van der Waals surface area contributed by atoms with Gasteiger partial charge in [-0.3, -0.25) is 4.57 Å². The summed E-state index contributed by atoms with van der Waals surface area (Å²) in [6.45, 7) is 8.36. The second-order valence-electron chi connectivity index (χ2n) is 17.4. The standard InChI is InChI=1S/C58H45B2N7.Pt/c1-41-20-16-21-42(2)56(41)59-64(46-26-10-6-11-27-46)53-36-35-50(67-58-54(34-19-37-61-58)65(47-28-12-7-13-29-47)60(67)57-43(3)22-17-23-44(57)4)39-55(53)66(59)49-31-18-30-48(38-49)63-40-62(45-24-8-5-9-25-45)51-32-14-15-33-52(51)63;/h5-37H,1-4H3;/q-2;. The van der Waals surface area contributed by atoms with E-state index in [2.05, 4.69) is 257 Å². The Kier molecular flexibility index (Phi) is 11.1. The van der Waals surface area contributed by atoms with E-state index in [1.54, 1.807) is 0 Å². The van der Waals surface area contributed by atoms with Crippen molar-refractivity contribution in [2.45, 2.75) is 27.7 Å². The Bertz CT molecular complexity index is 3440. The molecule has 2 aromatic heterocycles. The van der Waals surface area contributed by atoms with Crippen LogP contribution in [0.25, 0.3) is 22.4 Å². The van der Waals surface area contributed by atoms with Crippen LogP contribution in [-0.4, -0.2) is 23.5 Å². The van der Waals surface area contributed by atoms with Crippen LogP contribution in [0.5, 0.6) is 0 Å². The molecule has 10 aromatic rings. The summed E-state index contributed by atoms with van der Waals surface area (Å²) >= 11 is 0. The van der Waals surface area contributed by atoms with Crippen molar-refractivity contribution in [3.05, 3.63) is 241 Å². The summed E-state index contributed by atoms with van der Waals surface area (Å²) in [7, 11) is 0. The van der Waals surface area contributed by atoms with E-state index in [0.717, 1.165) is 68.0 Å². The summed E-state index contributed by atoms with van der Waals surface area (Å²) in [5, 5.41) is 0. The maximum Gasteiger partial charge on any atom is 0.420 e. The molecule has 68 heavy (non-hydrogen) atoms. The number of fused-ring (bicyclic) bond motifs is 3. The molecule has 0 radical (unpaired) electrons. The molecule has 2 aliphatic heterocycles. The number of aromatic nitrogens is 3. The number of anilines is 8. The van der Waals surface area contributed by atoms with Crippen molar-refractivity contribution in [3.8, 4) is 11.4 Å². The minimum atomic E-state index is -0.282. The molecule has 0 spiro atoms. The number of hydrogen-bond acceptors (Lipinski definition) is 5. The number of benzene rings is 8. The molecule has 2 aliphatic rings. The summed E-state index contributed by atoms with van der Waals surface area (Å²) in [4.78, 5) is 14.9. The van der Waals surface area contributed by atoms with E-state index in [1.165, 1.54) is 33.2 Å². The van der Waals surface area contributed by atoms with E-state index in [4.69, 9.17) is 4.98 Å². The van der Waals surface area contributed by atoms with Gasteiger partial charge in [0.25, 0.3) is 6.33 Å². The Morgan fingerprint density at radius 1 is 0.441 bits per heavy atom. The molecule has 7 nitrogen and oxygen atoms in total. The quantitative estimate of drug-likeness (QED) is 0.0861. The van der Waals surface area contributed by atoms with E-state index in [-0.39, 0.29) is 35.0 Å². The van der Waals surface area contributed by atoms with Crippen molar-refractivity contribution in [2.75, 3.05) is 19.2 Å². The van der Waals surface area contributed by atoms with E-state index >= 15 is 0 Å². The SMILES string of the molecule is Cc1cccc(C)c1B1N(c2[c-]c(-n3[c-][n+](-c4ccccc4)c4ccccc43)ccc2)c2[c-]c(N3B(c4c(C)cccc4C)N(c4ccccc4)c4cccnc43)ccc2N1c1ccccc1.[Pt]. The average molecular weight is 1060 g/mol. The first-order chi connectivity index (χ1) is 32.9. The third kappa shape index (κ3) is 7.03. The minimum Gasteiger partial charge on any atom is -0.415 e. The van der Waals surface area contributed by atoms with Crippen LogP contribution < -0.4 is 34.7 Å². The number of rotatable bonds is 8. The molecular formula is C58H45B2N7Pt-2. The zero-order valence-corrected chi connectivity index (χ0v) is 40.4. The van der Waals surface area contributed by atoms with E-state index < -0.39 is 0 Å². The molecule has 0 fully saturated rings. The zero-order chi connectivity index (χ0) is 45.2. The van der Waals surface area contributed by atoms with Gasteiger partial charge < -0.3 is 23.8 Å². The molecule has 0 saturated heterocycles. The normalized spacial score (nSPS) is 13.0. The predicted molar refractivity (Wildman–Crippen MR) is 276 cm³/mol. The van der Waals surface area contributed by atoms with Crippen LogP contribution in [0.1, 0.15) is 22.3 Å². The van der Waals surface area contributed by atoms with Crippen LogP contribution in [0.3, 0.4) is 0 Å². The monoisotopic (exact) mass is 1060 g/mol. The topological polar surface area (TPSA) is 34.7 Å². The summed E-state index contributed by atoms with van der Waals surface area (Å²) in [6, 6.07) is 76.8. The van der Waals surface area contributed by atoms with Gasteiger partial charge in [-0.15, -0.1) is 24.3 Å². The van der Waals surface area contributed by atoms with Gasteiger partial charge in [0, 0.05) is 38.6 Å². The molecule has 0 amide bonds. The molecule has 0 unspecified atom stereocenters. The molecule has 12 rings (SSSR count). The van der Waals surface area contributed by atoms with E-state index in [1.807, 2.05) is 18.3 Å². The molecule has 4 heterocycles. The van der Waals surface area contributed by atoms with Crippen LogP contribution >= 0.6 is 0 Å². The first-order valence-electron chi connectivity index (χ1n) is 22.9. The zero-order valence-electron chi connectivity index (χ0n) is 38.2. The Labute approximate surface area is 413 Å².